The molecule has 0 fully saturated rings. The van der Waals surface area contributed by atoms with Gasteiger partial charge in [0.1, 0.15) is 11.9 Å². The van der Waals surface area contributed by atoms with E-state index in [1.807, 2.05) is 12.1 Å². The van der Waals surface area contributed by atoms with E-state index in [0.717, 1.165) is 5.56 Å². The van der Waals surface area contributed by atoms with Gasteiger partial charge in [0.15, 0.2) is 5.76 Å². The topological polar surface area (TPSA) is 87.0 Å². The highest BCUT2D eigenvalue weighted by molar-refractivity contribution is 6.30. The molecule has 21 heavy (non-hydrogen) atoms. The third kappa shape index (κ3) is 2.92. The first-order valence-electron chi connectivity index (χ1n) is 5.99. The maximum Gasteiger partial charge on any atom is 0.381 e. The summed E-state index contributed by atoms with van der Waals surface area (Å²) in [4.78, 5) is 13.7. The zero-order valence-electron chi connectivity index (χ0n) is 10.6. The molecule has 0 unspecified atom stereocenters. The van der Waals surface area contributed by atoms with Gasteiger partial charge in [0.25, 0.3) is 0 Å². The molecule has 0 atom stereocenters. The van der Waals surface area contributed by atoms with Crippen LogP contribution in [0.25, 0.3) is 11.3 Å². The van der Waals surface area contributed by atoms with E-state index in [-0.39, 0.29) is 5.82 Å². The monoisotopic (exact) mass is 304 g/mol. The molecular weight excluding hydrogens is 296 g/mol. The van der Waals surface area contributed by atoms with Gasteiger partial charge in [0, 0.05) is 16.7 Å². The molecule has 8 heteroatoms. The van der Waals surface area contributed by atoms with Gasteiger partial charge in [-0.1, -0.05) is 28.9 Å². The van der Waals surface area contributed by atoms with Crippen molar-refractivity contribution in [3.8, 4) is 11.3 Å². The molecule has 2 aromatic heterocycles. The van der Waals surface area contributed by atoms with Gasteiger partial charge in [0.05, 0.1) is 6.54 Å². The molecule has 0 spiro atoms. The minimum atomic E-state index is -0.546. The normalized spacial score (nSPS) is 10.7. The van der Waals surface area contributed by atoms with Gasteiger partial charge in [-0.05, 0) is 22.0 Å². The lowest BCUT2D eigenvalue weighted by Gasteiger charge is -1.94. The van der Waals surface area contributed by atoms with Crippen LogP contribution in [0.2, 0.25) is 5.02 Å². The number of imidazole rings is 1. The molecule has 0 aliphatic carbocycles. The molecule has 0 radical (unpaired) electrons. The van der Waals surface area contributed by atoms with Crippen LogP contribution in [0.3, 0.4) is 0 Å². The summed E-state index contributed by atoms with van der Waals surface area (Å²) in [6.07, 6.45) is 2.72. The number of rotatable bonds is 4. The Hall–Kier alpha value is -2.67. The van der Waals surface area contributed by atoms with Crippen LogP contribution < -0.4 is 0 Å². The zero-order chi connectivity index (χ0) is 14.8. The van der Waals surface area contributed by atoms with Gasteiger partial charge in [-0.15, -0.1) is 0 Å². The molecule has 106 valence electrons. The Kier molecular flexibility index (Phi) is 3.41. The van der Waals surface area contributed by atoms with Crippen LogP contribution in [0.1, 0.15) is 5.76 Å². The summed E-state index contributed by atoms with van der Waals surface area (Å²) in [5.41, 5.74) is 1.56. The Morgan fingerprint density at radius 3 is 2.76 bits per heavy atom. The fraction of sp³-hybridized carbons (Fsp3) is 0.0769. The van der Waals surface area contributed by atoms with Gasteiger partial charge in [0.2, 0.25) is 6.33 Å². The predicted octanol–water partition coefficient (Wildman–Crippen LogP) is 3.15. The highest BCUT2D eigenvalue weighted by Crippen LogP contribution is 2.21. The smallest absolute Gasteiger partial charge is 0.359 e. The SMILES string of the molecule is O=[N+]([O-])c1cn(Cc2cc(-c3ccc(Cl)cc3)no2)cn1. The maximum absolute atomic E-state index is 10.6. The highest BCUT2D eigenvalue weighted by atomic mass is 35.5. The molecule has 0 amide bonds. The summed E-state index contributed by atoms with van der Waals surface area (Å²) in [6, 6.07) is 8.99. The first-order valence-corrected chi connectivity index (χ1v) is 6.37. The maximum atomic E-state index is 10.6. The third-order valence-corrected chi connectivity index (χ3v) is 3.10. The van der Waals surface area contributed by atoms with Crippen LogP contribution in [0, 0.1) is 10.1 Å². The van der Waals surface area contributed by atoms with Gasteiger partial charge in [-0.25, -0.2) is 0 Å². The van der Waals surface area contributed by atoms with Crippen molar-refractivity contribution in [2.75, 3.05) is 0 Å². The lowest BCUT2D eigenvalue weighted by atomic mass is 10.1. The number of aromatic nitrogens is 3. The summed E-state index contributed by atoms with van der Waals surface area (Å²) < 4.78 is 6.78. The molecule has 2 heterocycles. The molecule has 3 aromatic rings. The average Bonchev–Trinajstić information content (AvgIpc) is 3.10. The van der Waals surface area contributed by atoms with Gasteiger partial charge < -0.3 is 19.2 Å². The number of halogens is 1. The Balaban J connectivity index is 1.78. The van der Waals surface area contributed by atoms with Crippen LogP contribution in [0.15, 0.2) is 47.4 Å². The van der Waals surface area contributed by atoms with Crippen molar-refractivity contribution < 1.29 is 9.45 Å². The molecule has 7 nitrogen and oxygen atoms in total. The Labute approximate surface area is 123 Å². The van der Waals surface area contributed by atoms with E-state index in [0.29, 0.717) is 23.0 Å². The second kappa shape index (κ2) is 5.37. The number of hydrogen-bond acceptors (Lipinski definition) is 5. The molecule has 0 saturated carbocycles. The predicted molar refractivity (Wildman–Crippen MR) is 74.9 cm³/mol. The number of nitro groups is 1. The van der Waals surface area contributed by atoms with E-state index in [4.69, 9.17) is 16.1 Å². The minimum absolute atomic E-state index is 0.201. The molecule has 0 aliphatic heterocycles. The second-order valence-electron chi connectivity index (χ2n) is 4.35. The minimum Gasteiger partial charge on any atom is -0.359 e. The van der Waals surface area contributed by atoms with Gasteiger partial charge in [-0.3, -0.25) is 0 Å². The Morgan fingerprint density at radius 2 is 2.10 bits per heavy atom. The lowest BCUT2D eigenvalue weighted by Crippen LogP contribution is -1.94. The summed E-state index contributed by atoms with van der Waals surface area (Å²) >= 11 is 5.83. The van der Waals surface area contributed by atoms with Crippen molar-refractivity contribution in [3.63, 3.8) is 0 Å². The van der Waals surface area contributed by atoms with Crippen LogP contribution in [0.4, 0.5) is 5.82 Å². The van der Waals surface area contributed by atoms with Crippen LogP contribution >= 0.6 is 11.6 Å². The van der Waals surface area contributed by atoms with Gasteiger partial charge in [-0.2, -0.15) is 0 Å². The molecular formula is C13H9ClN4O3. The fourth-order valence-electron chi connectivity index (χ4n) is 1.85. The van der Waals surface area contributed by atoms with Crippen LogP contribution in [-0.2, 0) is 6.54 Å². The van der Waals surface area contributed by atoms with Crippen LogP contribution in [0.5, 0.6) is 0 Å². The van der Waals surface area contributed by atoms with Crippen molar-refractivity contribution in [3.05, 3.63) is 63.8 Å². The van der Waals surface area contributed by atoms with E-state index in [9.17, 15) is 10.1 Å². The summed E-state index contributed by atoms with van der Waals surface area (Å²) in [6.45, 7) is 0.321. The molecule has 3 rings (SSSR count). The second-order valence-corrected chi connectivity index (χ2v) is 4.78. The van der Waals surface area contributed by atoms with E-state index in [2.05, 4.69) is 10.1 Å². The van der Waals surface area contributed by atoms with Crippen molar-refractivity contribution >= 4 is 17.4 Å². The quantitative estimate of drug-likeness (QED) is 0.546. The standard InChI is InChI=1S/C13H9ClN4O3/c14-10-3-1-9(2-4-10)12-5-11(21-16-12)6-17-7-13(15-8-17)18(19)20/h1-5,7-8H,6H2. The summed E-state index contributed by atoms with van der Waals surface area (Å²) in [5, 5.41) is 15.2. The average molecular weight is 305 g/mol. The number of hydrogen-bond donors (Lipinski definition) is 0. The van der Waals surface area contributed by atoms with Crippen molar-refractivity contribution in [1.29, 1.82) is 0 Å². The van der Waals surface area contributed by atoms with Crippen molar-refractivity contribution in [1.82, 2.24) is 14.7 Å². The first-order chi connectivity index (χ1) is 10.1. The third-order valence-electron chi connectivity index (χ3n) is 2.84. The summed E-state index contributed by atoms with van der Waals surface area (Å²) in [7, 11) is 0. The summed E-state index contributed by atoms with van der Waals surface area (Å²) in [5.74, 6) is 0.375. The number of nitrogens with zero attached hydrogens (tertiary/aromatic N) is 4. The van der Waals surface area contributed by atoms with Crippen molar-refractivity contribution in [2.45, 2.75) is 6.54 Å². The van der Waals surface area contributed by atoms with E-state index >= 15 is 0 Å². The number of benzene rings is 1. The largest absolute Gasteiger partial charge is 0.381 e. The first kappa shape index (κ1) is 13.3. The fourth-order valence-corrected chi connectivity index (χ4v) is 1.98. The van der Waals surface area contributed by atoms with E-state index < -0.39 is 4.92 Å². The molecule has 0 saturated heterocycles. The highest BCUT2D eigenvalue weighted by Gasteiger charge is 2.12. The molecule has 1 aromatic carbocycles. The molecule has 0 aliphatic rings. The molecule has 0 bridgehead atoms. The lowest BCUT2D eigenvalue weighted by molar-refractivity contribution is -0.389. The van der Waals surface area contributed by atoms with Gasteiger partial charge >= 0.3 is 5.82 Å². The van der Waals surface area contributed by atoms with E-state index in [1.54, 1.807) is 22.8 Å². The molecule has 0 N–H and O–H groups in total. The van der Waals surface area contributed by atoms with E-state index in [1.165, 1.54) is 12.5 Å². The Morgan fingerprint density at radius 1 is 1.33 bits per heavy atom. The van der Waals surface area contributed by atoms with Crippen molar-refractivity contribution in [2.24, 2.45) is 0 Å². The zero-order valence-corrected chi connectivity index (χ0v) is 11.4. The Bertz CT molecular complexity index is 779. The van der Waals surface area contributed by atoms with Crippen LogP contribution in [-0.4, -0.2) is 19.6 Å².